The lowest BCUT2D eigenvalue weighted by molar-refractivity contribution is 0.0784. The van der Waals surface area contributed by atoms with Gasteiger partial charge in [0.1, 0.15) is 0 Å². The molecule has 0 bridgehead atoms. The van der Waals surface area contributed by atoms with E-state index in [0.29, 0.717) is 25.2 Å². The van der Waals surface area contributed by atoms with Crippen LogP contribution in [0, 0.1) is 13.8 Å². The molecule has 1 saturated heterocycles. The summed E-state index contributed by atoms with van der Waals surface area (Å²) in [6.45, 7) is 5.47. The van der Waals surface area contributed by atoms with E-state index in [1.54, 1.807) is 24.1 Å². The van der Waals surface area contributed by atoms with Crippen LogP contribution in [0.25, 0.3) is 5.69 Å². The predicted octanol–water partition coefficient (Wildman–Crippen LogP) is 3.55. The first-order valence-electron chi connectivity index (χ1n) is 10.8. The van der Waals surface area contributed by atoms with Crippen LogP contribution in [-0.4, -0.2) is 53.4 Å². The fraction of sp³-hybridized carbons (Fsp3) is 0.333. The minimum Gasteiger partial charge on any atom is -0.337 e. The molecule has 0 aliphatic carbocycles. The Morgan fingerprint density at radius 1 is 1.00 bits per heavy atom. The van der Waals surface area contributed by atoms with Crippen LogP contribution in [0.1, 0.15) is 40.2 Å². The van der Waals surface area contributed by atoms with Gasteiger partial charge in [-0.05, 0) is 63.1 Å². The van der Waals surface area contributed by atoms with Gasteiger partial charge in [-0.3, -0.25) is 4.79 Å². The van der Waals surface area contributed by atoms with Crippen molar-refractivity contribution in [1.82, 2.24) is 19.0 Å². The van der Waals surface area contributed by atoms with Gasteiger partial charge in [0, 0.05) is 43.5 Å². The molecule has 2 aromatic carbocycles. The molecule has 1 fully saturated rings. The van der Waals surface area contributed by atoms with Crippen LogP contribution in [-0.2, 0) is 16.6 Å². The number of benzene rings is 2. The Hall–Kier alpha value is -2.97. The van der Waals surface area contributed by atoms with Crippen molar-refractivity contribution in [2.45, 2.75) is 38.1 Å². The number of aromatic nitrogens is 2. The standard InChI is InChI=1S/C24H28N4O3S/c1-18-23(19(2)28(25-18)21-9-5-4-6-10-21)17-26(3)24(29)20-11-13-22(14-12-20)32(30,31)27-15-7-8-16-27/h4-6,9-14H,7-8,15-17H2,1-3H3. The maximum absolute atomic E-state index is 13.0. The van der Waals surface area contributed by atoms with E-state index in [4.69, 9.17) is 0 Å². The summed E-state index contributed by atoms with van der Waals surface area (Å²) in [7, 11) is -1.74. The minimum atomic E-state index is -3.49. The van der Waals surface area contributed by atoms with E-state index in [1.807, 2.05) is 48.9 Å². The number of amides is 1. The van der Waals surface area contributed by atoms with Crippen LogP contribution in [0.15, 0.2) is 59.5 Å². The molecule has 1 aliphatic heterocycles. The third kappa shape index (κ3) is 4.20. The van der Waals surface area contributed by atoms with Crippen LogP contribution in [0.2, 0.25) is 0 Å². The van der Waals surface area contributed by atoms with Crippen molar-refractivity contribution < 1.29 is 13.2 Å². The summed E-state index contributed by atoms with van der Waals surface area (Å²) in [5.41, 5.74) is 4.29. The molecular formula is C24H28N4O3S. The topological polar surface area (TPSA) is 75.5 Å². The molecule has 168 valence electrons. The molecule has 3 aromatic rings. The number of hydrogen-bond donors (Lipinski definition) is 0. The highest BCUT2D eigenvalue weighted by Gasteiger charge is 2.27. The molecule has 2 heterocycles. The fourth-order valence-corrected chi connectivity index (χ4v) is 5.62. The molecule has 0 radical (unpaired) electrons. The number of nitrogens with zero attached hydrogens (tertiary/aromatic N) is 4. The number of rotatable bonds is 6. The highest BCUT2D eigenvalue weighted by atomic mass is 32.2. The van der Waals surface area contributed by atoms with Crippen molar-refractivity contribution in [2.75, 3.05) is 20.1 Å². The van der Waals surface area contributed by atoms with Crippen LogP contribution in [0.5, 0.6) is 0 Å². The van der Waals surface area contributed by atoms with Crippen molar-refractivity contribution in [3.63, 3.8) is 0 Å². The minimum absolute atomic E-state index is 0.165. The fourth-order valence-electron chi connectivity index (χ4n) is 4.10. The third-order valence-electron chi connectivity index (χ3n) is 5.99. The van der Waals surface area contributed by atoms with Crippen LogP contribution >= 0.6 is 0 Å². The van der Waals surface area contributed by atoms with E-state index in [2.05, 4.69) is 5.10 Å². The summed E-state index contributed by atoms with van der Waals surface area (Å²) in [6, 6.07) is 16.1. The molecule has 7 nitrogen and oxygen atoms in total. The van der Waals surface area contributed by atoms with E-state index in [1.165, 1.54) is 16.4 Å². The predicted molar refractivity (Wildman–Crippen MR) is 123 cm³/mol. The Balaban J connectivity index is 1.51. The molecule has 4 rings (SSSR count). The first kappa shape index (κ1) is 22.2. The van der Waals surface area contributed by atoms with E-state index < -0.39 is 10.0 Å². The average Bonchev–Trinajstić information content (AvgIpc) is 3.44. The SMILES string of the molecule is Cc1nn(-c2ccccc2)c(C)c1CN(C)C(=O)c1ccc(S(=O)(=O)N2CCCC2)cc1. The highest BCUT2D eigenvalue weighted by Crippen LogP contribution is 2.23. The molecule has 1 amide bonds. The Morgan fingerprint density at radius 2 is 1.62 bits per heavy atom. The summed E-state index contributed by atoms with van der Waals surface area (Å²) in [4.78, 5) is 14.9. The molecular weight excluding hydrogens is 424 g/mol. The molecule has 32 heavy (non-hydrogen) atoms. The largest absolute Gasteiger partial charge is 0.337 e. The van der Waals surface area contributed by atoms with Crippen molar-refractivity contribution >= 4 is 15.9 Å². The number of hydrogen-bond acceptors (Lipinski definition) is 4. The molecule has 0 atom stereocenters. The zero-order valence-corrected chi connectivity index (χ0v) is 19.5. The normalized spacial score (nSPS) is 14.6. The van der Waals surface area contributed by atoms with Gasteiger partial charge < -0.3 is 4.90 Å². The number of para-hydroxylation sites is 1. The van der Waals surface area contributed by atoms with Gasteiger partial charge in [0.05, 0.1) is 16.3 Å². The number of sulfonamides is 1. The van der Waals surface area contributed by atoms with Gasteiger partial charge in [-0.2, -0.15) is 9.40 Å². The van der Waals surface area contributed by atoms with Crippen LogP contribution < -0.4 is 0 Å². The molecule has 0 saturated carbocycles. The monoisotopic (exact) mass is 452 g/mol. The van der Waals surface area contributed by atoms with Crippen molar-refractivity contribution in [1.29, 1.82) is 0 Å². The lowest BCUT2D eigenvalue weighted by Gasteiger charge is -2.19. The Labute approximate surface area is 189 Å². The summed E-state index contributed by atoms with van der Waals surface area (Å²) in [5.74, 6) is -0.165. The maximum atomic E-state index is 13.0. The second-order valence-corrected chi connectivity index (χ2v) is 10.1. The smallest absolute Gasteiger partial charge is 0.253 e. The Morgan fingerprint density at radius 3 is 2.25 bits per heavy atom. The number of carbonyl (C=O) groups excluding carboxylic acids is 1. The van der Waals surface area contributed by atoms with Gasteiger partial charge in [0.15, 0.2) is 0 Å². The summed E-state index contributed by atoms with van der Waals surface area (Å²) >= 11 is 0. The van der Waals surface area contributed by atoms with Gasteiger partial charge in [-0.15, -0.1) is 0 Å². The van der Waals surface area contributed by atoms with Crippen molar-refractivity contribution in [2.24, 2.45) is 0 Å². The quantitative estimate of drug-likeness (QED) is 0.573. The van der Waals surface area contributed by atoms with Crippen LogP contribution in [0.3, 0.4) is 0 Å². The van der Waals surface area contributed by atoms with E-state index in [9.17, 15) is 13.2 Å². The molecule has 0 unspecified atom stereocenters. The van der Waals surface area contributed by atoms with Gasteiger partial charge in [0.25, 0.3) is 5.91 Å². The molecule has 1 aliphatic rings. The first-order chi connectivity index (χ1) is 15.3. The Bertz CT molecular complexity index is 1210. The van der Waals surface area contributed by atoms with Gasteiger partial charge in [-0.1, -0.05) is 18.2 Å². The first-order valence-corrected chi connectivity index (χ1v) is 12.2. The zero-order valence-electron chi connectivity index (χ0n) is 18.7. The number of aryl methyl sites for hydroxylation is 1. The highest BCUT2D eigenvalue weighted by molar-refractivity contribution is 7.89. The van der Waals surface area contributed by atoms with E-state index in [0.717, 1.165) is 35.5 Å². The third-order valence-corrected chi connectivity index (χ3v) is 7.90. The van der Waals surface area contributed by atoms with Gasteiger partial charge in [-0.25, -0.2) is 13.1 Å². The van der Waals surface area contributed by atoms with Crippen LogP contribution in [0.4, 0.5) is 0 Å². The molecule has 0 N–H and O–H groups in total. The average molecular weight is 453 g/mol. The Kier molecular flexibility index (Phi) is 6.17. The second-order valence-electron chi connectivity index (χ2n) is 8.19. The second kappa shape index (κ2) is 8.88. The van der Waals surface area contributed by atoms with Gasteiger partial charge in [0.2, 0.25) is 10.0 Å². The summed E-state index contributed by atoms with van der Waals surface area (Å²) < 4.78 is 28.8. The lowest BCUT2D eigenvalue weighted by atomic mass is 10.1. The molecule has 8 heteroatoms. The lowest BCUT2D eigenvalue weighted by Crippen LogP contribution is -2.28. The number of carbonyl (C=O) groups is 1. The summed E-state index contributed by atoms with van der Waals surface area (Å²) in [6.07, 6.45) is 1.78. The van der Waals surface area contributed by atoms with E-state index >= 15 is 0 Å². The van der Waals surface area contributed by atoms with E-state index in [-0.39, 0.29) is 10.8 Å². The molecule has 0 spiro atoms. The van der Waals surface area contributed by atoms with Crippen molar-refractivity contribution in [3.05, 3.63) is 77.1 Å². The zero-order chi connectivity index (χ0) is 22.9. The maximum Gasteiger partial charge on any atom is 0.253 e. The van der Waals surface area contributed by atoms with Gasteiger partial charge >= 0.3 is 0 Å². The van der Waals surface area contributed by atoms with Crippen molar-refractivity contribution in [3.8, 4) is 5.69 Å². The molecule has 1 aromatic heterocycles. The summed E-state index contributed by atoms with van der Waals surface area (Å²) in [5, 5.41) is 4.65.